The number of hydrogen-bond acceptors (Lipinski definition) is 4. The zero-order valence-electron chi connectivity index (χ0n) is 12.8. The number of anilines is 1. The summed E-state index contributed by atoms with van der Waals surface area (Å²) >= 11 is 0. The molecule has 0 aliphatic carbocycles. The summed E-state index contributed by atoms with van der Waals surface area (Å²) in [7, 11) is 0. The second-order valence-electron chi connectivity index (χ2n) is 5.31. The molecule has 7 heteroatoms. The van der Waals surface area contributed by atoms with E-state index < -0.39 is 11.2 Å². The third-order valence-electron chi connectivity index (χ3n) is 3.61. The second kappa shape index (κ2) is 5.96. The quantitative estimate of drug-likeness (QED) is 0.684. The lowest BCUT2D eigenvalue weighted by Crippen LogP contribution is -2.23. The predicted molar refractivity (Wildman–Crippen MR) is 88.0 cm³/mol. The normalized spacial score (nSPS) is 12.1. The highest BCUT2D eigenvalue weighted by Crippen LogP contribution is 2.20. The van der Waals surface area contributed by atoms with Crippen molar-refractivity contribution in [2.45, 2.75) is 19.9 Å². The van der Waals surface area contributed by atoms with Crippen molar-refractivity contribution in [1.29, 1.82) is 0 Å². The molecule has 0 aliphatic heterocycles. The summed E-state index contributed by atoms with van der Waals surface area (Å²) in [4.78, 5) is 31.6. The smallest absolute Gasteiger partial charge is 0.327 e. The highest BCUT2D eigenvalue weighted by atomic mass is 16.2. The summed E-state index contributed by atoms with van der Waals surface area (Å²) < 4.78 is 1.99. The van der Waals surface area contributed by atoms with Crippen molar-refractivity contribution >= 4 is 5.82 Å². The van der Waals surface area contributed by atoms with Crippen molar-refractivity contribution in [3.63, 3.8) is 0 Å². The lowest BCUT2D eigenvalue weighted by atomic mass is 10.1. The monoisotopic (exact) mass is 311 g/mol. The predicted octanol–water partition coefficient (Wildman–Crippen LogP) is 1.73. The maximum Gasteiger partial charge on any atom is 0.327 e. The van der Waals surface area contributed by atoms with Gasteiger partial charge in [-0.15, -0.1) is 0 Å². The van der Waals surface area contributed by atoms with Gasteiger partial charge in [0.15, 0.2) is 0 Å². The van der Waals surface area contributed by atoms with Crippen molar-refractivity contribution in [3.05, 3.63) is 75.0 Å². The summed E-state index contributed by atoms with van der Waals surface area (Å²) in [6.07, 6.45) is 3.66. The summed E-state index contributed by atoms with van der Waals surface area (Å²) in [5.74, 6) is 1.29. The van der Waals surface area contributed by atoms with Crippen LogP contribution in [0.25, 0.3) is 5.69 Å². The number of aryl methyl sites for hydroxylation is 1. The average molecular weight is 311 g/mol. The standard InChI is InChI=1S/C16H17N5O2/c1-10(18-14-9-15(22)20-16(23)19-14)12-4-3-5-13(8-12)21-7-6-17-11(21)2/h3-10H,1-2H3,(H3,18,19,20,22,23)/t10-/m0/s1. The molecule has 0 saturated carbocycles. The first kappa shape index (κ1) is 14.8. The van der Waals surface area contributed by atoms with Gasteiger partial charge in [0.25, 0.3) is 5.56 Å². The van der Waals surface area contributed by atoms with E-state index in [2.05, 4.69) is 20.3 Å². The van der Waals surface area contributed by atoms with Gasteiger partial charge < -0.3 is 9.88 Å². The van der Waals surface area contributed by atoms with Gasteiger partial charge in [-0.1, -0.05) is 12.1 Å². The van der Waals surface area contributed by atoms with Crippen molar-refractivity contribution in [3.8, 4) is 5.69 Å². The van der Waals surface area contributed by atoms with Crippen LogP contribution in [-0.4, -0.2) is 19.5 Å². The minimum atomic E-state index is -0.532. The fourth-order valence-corrected chi connectivity index (χ4v) is 2.46. The number of benzene rings is 1. The van der Waals surface area contributed by atoms with E-state index in [-0.39, 0.29) is 6.04 Å². The van der Waals surface area contributed by atoms with Gasteiger partial charge in [0, 0.05) is 30.2 Å². The number of rotatable bonds is 4. The van der Waals surface area contributed by atoms with Crippen molar-refractivity contribution in [2.75, 3.05) is 5.32 Å². The van der Waals surface area contributed by atoms with Gasteiger partial charge >= 0.3 is 5.69 Å². The fourth-order valence-electron chi connectivity index (χ4n) is 2.46. The van der Waals surface area contributed by atoms with E-state index in [0.717, 1.165) is 17.1 Å². The lowest BCUT2D eigenvalue weighted by molar-refractivity contribution is 0.859. The zero-order valence-corrected chi connectivity index (χ0v) is 12.8. The summed E-state index contributed by atoms with van der Waals surface area (Å²) in [6, 6.07) is 9.22. The molecule has 118 valence electrons. The van der Waals surface area contributed by atoms with Crippen LogP contribution in [0, 0.1) is 6.92 Å². The van der Waals surface area contributed by atoms with Crippen LogP contribution >= 0.6 is 0 Å². The number of nitrogens with zero attached hydrogens (tertiary/aromatic N) is 2. The van der Waals surface area contributed by atoms with Gasteiger partial charge in [-0.3, -0.25) is 14.8 Å². The van der Waals surface area contributed by atoms with Crippen LogP contribution < -0.4 is 16.6 Å². The molecule has 1 atom stereocenters. The van der Waals surface area contributed by atoms with Crippen LogP contribution in [-0.2, 0) is 0 Å². The molecule has 0 unspecified atom stereocenters. The molecule has 7 nitrogen and oxygen atoms in total. The fraction of sp³-hybridized carbons (Fsp3) is 0.188. The SMILES string of the molecule is Cc1nccn1-c1cccc([C@H](C)Nc2cc(=O)[nH]c(=O)[nH]2)c1. The Labute approximate surface area is 132 Å². The first-order valence-corrected chi connectivity index (χ1v) is 7.23. The maximum atomic E-state index is 11.4. The van der Waals surface area contributed by atoms with E-state index >= 15 is 0 Å². The number of H-pyrrole nitrogens is 2. The molecule has 2 aromatic heterocycles. The summed E-state index contributed by atoms with van der Waals surface area (Å²) in [6.45, 7) is 3.90. The lowest BCUT2D eigenvalue weighted by Gasteiger charge is -2.16. The summed E-state index contributed by atoms with van der Waals surface area (Å²) in [5, 5.41) is 3.13. The van der Waals surface area contributed by atoms with E-state index in [0.29, 0.717) is 5.82 Å². The van der Waals surface area contributed by atoms with Crippen LogP contribution in [0.4, 0.5) is 5.82 Å². The Hall–Kier alpha value is -3.09. The Morgan fingerprint density at radius 1 is 1.22 bits per heavy atom. The molecule has 3 aromatic rings. The molecule has 3 N–H and O–H groups in total. The van der Waals surface area contributed by atoms with E-state index in [9.17, 15) is 9.59 Å². The molecule has 0 bridgehead atoms. The number of nitrogens with one attached hydrogen (secondary N) is 3. The van der Waals surface area contributed by atoms with Gasteiger partial charge in [0.05, 0.1) is 0 Å². The van der Waals surface area contributed by atoms with Crippen molar-refractivity contribution < 1.29 is 0 Å². The van der Waals surface area contributed by atoms with Crippen molar-refractivity contribution in [2.24, 2.45) is 0 Å². The van der Waals surface area contributed by atoms with Gasteiger partial charge in [-0.25, -0.2) is 9.78 Å². The minimum Gasteiger partial charge on any atom is -0.365 e. The zero-order chi connectivity index (χ0) is 16.4. The topological polar surface area (TPSA) is 95.6 Å². The Kier molecular flexibility index (Phi) is 3.84. The third kappa shape index (κ3) is 3.23. The Morgan fingerprint density at radius 3 is 2.74 bits per heavy atom. The summed E-state index contributed by atoms with van der Waals surface area (Å²) in [5.41, 5.74) is 1.06. The molecule has 23 heavy (non-hydrogen) atoms. The number of aromatic nitrogens is 4. The maximum absolute atomic E-state index is 11.4. The largest absolute Gasteiger partial charge is 0.365 e. The molecular formula is C16H17N5O2. The average Bonchev–Trinajstić information content (AvgIpc) is 2.92. The van der Waals surface area contributed by atoms with E-state index in [1.165, 1.54) is 6.07 Å². The van der Waals surface area contributed by atoms with Crippen LogP contribution in [0.1, 0.15) is 24.4 Å². The molecule has 3 rings (SSSR count). The first-order valence-electron chi connectivity index (χ1n) is 7.23. The van der Waals surface area contributed by atoms with Crippen molar-refractivity contribution in [1.82, 2.24) is 19.5 Å². The van der Waals surface area contributed by atoms with Crippen LogP contribution in [0.3, 0.4) is 0 Å². The Balaban J connectivity index is 1.88. The van der Waals surface area contributed by atoms with Gasteiger partial charge in [0.2, 0.25) is 0 Å². The molecule has 0 fully saturated rings. The first-order chi connectivity index (χ1) is 11.0. The van der Waals surface area contributed by atoms with Gasteiger partial charge in [-0.05, 0) is 31.5 Å². The number of imidazole rings is 1. The number of aromatic amines is 2. The van der Waals surface area contributed by atoms with Gasteiger partial charge in [-0.2, -0.15) is 0 Å². The Bertz CT molecular complexity index is 909. The second-order valence-corrected chi connectivity index (χ2v) is 5.31. The molecular weight excluding hydrogens is 294 g/mol. The van der Waals surface area contributed by atoms with Gasteiger partial charge in [0.1, 0.15) is 11.6 Å². The highest BCUT2D eigenvalue weighted by molar-refractivity contribution is 5.42. The van der Waals surface area contributed by atoms with E-state index in [1.54, 1.807) is 6.20 Å². The molecule has 0 radical (unpaired) electrons. The van der Waals surface area contributed by atoms with Crippen LogP contribution in [0.5, 0.6) is 0 Å². The van der Waals surface area contributed by atoms with Crippen LogP contribution in [0.2, 0.25) is 0 Å². The molecule has 2 heterocycles. The van der Waals surface area contributed by atoms with E-state index in [4.69, 9.17) is 0 Å². The molecule has 0 spiro atoms. The van der Waals surface area contributed by atoms with E-state index in [1.807, 2.05) is 48.9 Å². The Morgan fingerprint density at radius 2 is 2.04 bits per heavy atom. The van der Waals surface area contributed by atoms with Crippen LogP contribution in [0.15, 0.2) is 52.3 Å². The highest BCUT2D eigenvalue weighted by Gasteiger charge is 2.09. The molecule has 0 amide bonds. The molecule has 1 aromatic carbocycles. The number of hydrogen-bond donors (Lipinski definition) is 3. The minimum absolute atomic E-state index is 0.0868. The molecule has 0 aliphatic rings. The third-order valence-corrected chi connectivity index (χ3v) is 3.61. The molecule has 0 saturated heterocycles.